The molecule has 1 aliphatic heterocycles. The van der Waals surface area contributed by atoms with Crippen molar-refractivity contribution in [3.63, 3.8) is 0 Å². The molecule has 5 N–H and O–H groups in total. The molecule has 1 heterocycles. The van der Waals surface area contributed by atoms with Gasteiger partial charge >= 0.3 is 0 Å². The second kappa shape index (κ2) is 4.88. The van der Waals surface area contributed by atoms with E-state index in [-0.39, 0.29) is 30.5 Å². The topological polar surface area (TPSA) is 93.0 Å². The number of aromatic hydroxyl groups is 2. The van der Waals surface area contributed by atoms with E-state index in [0.717, 1.165) is 0 Å². The van der Waals surface area contributed by atoms with Crippen LogP contribution in [-0.2, 0) is 0 Å². The van der Waals surface area contributed by atoms with Gasteiger partial charge in [0.05, 0.1) is 12.1 Å². The normalized spacial score (nSPS) is 28.8. The first-order chi connectivity index (χ1) is 7.09. The SMILES string of the molecule is Cl.Oc1ccc([C@@H]2NC[C@@H](O)[C@@H]2O)c(O)c1. The molecule has 0 saturated carbocycles. The standard InChI is InChI=1S/C10H13NO4.ClH/c12-5-1-2-6(7(13)3-5)9-10(15)8(14)4-11-9;/h1-3,8-15H,4H2;1H/t8-,9+,10+;/m1./s1. The lowest BCUT2D eigenvalue weighted by molar-refractivity contribution is 0.0401. The molecule has 16 heavy (non-hydrogen) atoms. The van der Waals surface area contributed by atoms with Crippen molar-refractivity contribution in [3.8, 4) is 11.5 Å². The molecular weight excluding hydrogens is 234 g/mol. The molecule has 90 valence electrons. The van der Waals surface area contributed by atoms with Gasteiger partial charge < -0.3 is 25.7 Å². The molecule has 1 fully saturated rings. The van der Waals surface area contributed by atoms with Crippen LogP contribution in [0.15, 0.2) is 18.2 Å². The zero-order valence-corrected chi connectivity index (χ0v) is 9.18. The number of phenols is 2. The smallest absolute Gasteiger partial charge is 0.124 e. The molecular formula is C10H14ClNO4. The van der Waals surface area contributed by atoms with Crippen LogP contribution in [0.2, 0.25) is 0 Å². The van der Waals surface area contributed by atoms with Gasteiger partial charge in [0.2, 0.25) is 0 Å². The fourth-order valence-corrected chi connectivity index (χ4v) is 1.80. The Bertz CT molecular complexity index is 374. The maximum Gasteiger partial charge on any atom is 0.124 e. The van der Waals surface area contributed by atoms with Crippen molar-refractivity contribution in [1.29, 1.82) is 0 Å². The quantitative estimate of drug-likeness (QED) is 0.477. The minimum Gasteiger partial charge on any atom is -0.508 e. The third-order valence-electron chi connectivity index (χ3n) is 2.63. The molecule has 5 nitrogen and oxygen atoms in total. The number of aliphatic hydroxyl groups is 2. The van der Waals surface area contributed by atoms with Gasteiger partial charge in [-0.1, -0.05) is 0 Å². The molecule has 0 aromatic heterocycles. The van der Waals surface area contributed by atoms with Gasteiger partial charge in [-0.25, -0.2) is 0 Å². The number of aliphatic hydroxyl groups excluding tert-OH is 2. The Morgan fingerprint density at radius 3 is 2.38 bits per heavy atom. The molecule has 1 aliphatic rings. The monoisotopic (exact) mass is 247 g/mol. The van der Waals surface area contributed by atoms with Crippen molar-refractivity contribution >= 4 is 12.4 Å². The van der Waals surface area contributed by atoms with Crippen LogP contribution in [0, 0.1) is 0 Å². The minimum absolute atomic E-state index is 0. The maximum atomic E-state index is 9.62. The summed E-state index contributed by atoms with van der Waals surface area (Å²) in [6.07, 6.45) is -1.77. The van der Waals surface area contributed by atoms with E-state index in [0.29, 0.717) is 5.56 Å². The largest absolute Gasteiger partial charge is 0.508 e. The summed E-state index contributed by atoms with van der Waals surface area (Å²) in [4.78, 5) is 0. The minimum atomic E-state index is -0.944. The first kappa shape index (κ1) is 13.1. The zero-order valence-electron chi connectivity index (χ0n) is 8.37. The lowest BCUT2D eigenvalue weighted by Crippen LogP contribution is -2.25. The fraction of sp³-hybridized carbons (Fsp3) is 0.400. The average molecular weight is 248 g/mol. The number of nitrogens with one attached hydrogen (secondary N) is 1. The van der Waals surface area contributed by atoms with Gasteiger partial charge in [0.25, 0.3) is 0 Å². The first-order valence-corrected chi connectivity index (χ1v) is 4.71. The van der Waals surface area contributed by atoms with Crippen molar-refractivity contribution in [2.24, 2.45) is 0 Å². The number of hydrogen-bond acceptors (Lipinski definition) is 5. The van der Waals surface area contributed by atoms with E-state index in [1.165, 1.54) is 18.2 Å². The van der Waals surface area contributed by atoms with Gasteiger partial charge in [-0.2, -0.15) is 0 Å². The van der Waals surface area contributed by atoms with Gasteiger partial charge in [-0.3, -0.25) is 0 Å². The predicted molar refractivity (Wildman–Crippen MR) is 59.8 cm³/mol. The Balaban J connectivity index is 0.00000128. The molecule has 0 amide bonds. The molecule has 1 aromatic carbocycles. The van der Waals surface area contributed by atoms with E-state index in [4.69, 9.17) is 5.11 Å². The van der Waals surface area contributed by atoms with Gasteiger partial charge in [0.15, 0.2) is 0 Å². The van der Waals surface area contributed by atoms with Crippen molar-refractivity contribution in [2.45, 2.75) is 18.2 Å². The number of halogens is 1. The number of phenolic OH excluding ortho intramolecular Hbond substituents is 2. The van der Waals surface area contributed by atoms with Gasteiger partial charge in [-0.05, 0) is 12.1 Å². The highest BCUT2D eigenvalue weighted by Gasteiger charge is 2.35. The van der Waals surface area contributed by atoms with Crippen LogP contribution in [0.5, 0.6) is 11.5 Å². The van der Waals surface area contributed by atoms with Gasteiger partial charge in [0, 0.05) is 18.2 Å². The van der Waals surface area contributed by atoms with E-state index in [1.54, 1.807) is 0 Å². The third kappa shape index (κ3) is 2.22. The molecule has 3 atom stereocenters. The Morgan fingerprint density at radius 2 is 1.88 bits per heavy atom. The van der Waals surface area contributed by atoms with Gasteiger partial charge in [-0.15, -0.1) is 12.4 Å². The molecule has 6 heteroatoms. The number of rotatable bonds is 1. The highest BCUT2D eigenvalue weighted by Crippen LogP contribution is 2.32. The maximum absolute atomic E-state index is 9.62. The summed E-state index contributed by atoms with van der Waals surface area (Å²) in [6, 6.07) is 3.65. The highest BCUT2D eigenvalue weighted by molar-refractivity contribution is 5.85. The first-order valence-electron chi connectivity index (χ1n) is 4.71. The summed E-state index contributed by atoms with van der Waals surface area (Å²) >= 11 is 0. The molecule has 0 radical (unpaired) electrons. The van der Waals surface area contributed by atoms with Crippen LogP contribution in [0.25, 0.3) is 0 Å². The number of hydrogen-bond donors (Lipinski definition) is 5. The molecule has 0 spiro atoms. The van der Waals surface area contributed by atoms with Crippen molar-refractivity contribution in [3.05, 3.63) is 23.8 Å². The van der Waals surface area contributed by atoms with E-state index >= 15 is 0 Å². The van der Waals surface area contributed by atoms with Crippen molar-refractivity contribution in [1.82, 2.24) is 5.32 Å². The van der Waals surface area contributed by atoms with Crippen LogP contribution >= 0.6 is 12.4 Å². The Labute approximate surface area is 98.8 Å². The molecule has 0 bridgehead atoms. The Morgan fingerprint density at radius 1 is 1.19 bits per heavy atom. The predicted octanol–water partition coefficient (Wildman–Crippen LogP) is -0.114. The van der Waals surface area contributed by atoms with Crippen molar-refractivity contribution < 1.29 is 20.4 Å². The lowest BCUT2D eigenvalue weighted by Gasteiger charge is -2.17. The third-order valence-corrected chi connectivity index (χ3v) is 2.63. The summed E-state index contributed by atoms with van der Waals surface area (Å²) in [7, 11) is 0. The second-order valence-corrected chi connectivity index (χ2v) is 3.69. The van der Waals surface area contributed by atoms with Crippen LogP contribution in [-0.4, -0.2) is 39.2 Å². The highest BCUT2D eigenvalue weighted by atomic mass is 35.5. The molecule has 0 unspecified atom stereocenters. The summed E-state index contributed by atoms with van der Waals surface area (Å²) in [5.74, 6) is -0.134. The fourth-order valence-electron chi connectivity index (χ4n) is 1.80. The van der Waals surface area contributed by atoms with E-state index in [9.17, 15) is 15.3 Å². The number of β-amino-alcohol motifs (C(OH)–C–C–N with tert-alkyl or cyclic N) is 1. The molecule has 0 aliphatic carbocycles. The van der Waals surface area contributed by atoms with E-state index in [2.05, 4.69) is 5.32 Å². The Kier molecular flexibility index (Phi) is 3.98. The van der Waals surface area contributed by atoms with Crippen LogP contribution in [0.3, 0.4) is 0 Å². The molecule has 2 rings (SSSR count). The van der Waals surface area contributed by atoms with Crippen molar-refractivity contribution in [2.75, 3.05) is 6.54 Å². The number of benzene rings is 1. The summed E-state index contributed by atoms with van der Waals surface area (Å²) in [6.45, 7) is 0.284. The lowest BCUT2D eigenvalue weighted by atomic mass is 10.0. The van der Waals surface area contributed by atoms with Crippen LogP contribution < -0.4 is 5.32 Å². The summed E-state index contributed by atoms with van der Waals surface area (Å²) in [5.41, 5.74) is 0.469. The van der Waals surface area contributed by atoms with Crippen LogP contribution in [0.4, 0.5) is 0 Å². The van der Waals surface area contributed by atoms with E-state index < -0.39 is 18.2 Å². The van der Waals surface area contributed by atoms with E-state index in [1.807, 2.05) is 0 Å². The van der Waals surface area contributed by atoms with Crippen LogP contribution in [0.1, 0.15) is 11.6 Å². The van der Waals surface area contributed by atoms with Gasteiger partial charge in [0.1, 0.15) is 17.6 Å². The summed E-state index contributed by atoms with van der Waals surface area (Å²) < 4.78 is 0. The molecule has 1 saturated heterocycles. The summed E-state index contributed by atoms with van der Waals surface area (Å²) in [5, 5.41) is 40.5. The average Bonchev–Trinajstić information content (AvgIpc) is 2.49. The Hall–Kier alpha value is -1.01. The molecule has 1 aromatic rings. The zero-order chi connectivity index (χ0) is 11.0. The second-order valence-electron chi connectivity index (χ2n) is 3.69.